The molecule has 0 aromatic heterocycles. The Balaban J connectivity index is 1.92. The quantitative estimate of drug-likeness (QED) is 0.605. The Hall–Kier alpha value is -1.17. The van der Waals surface area contributed by atoms with Crippen molar-refractivity contribution < 1.29 is 34.2 Å². The molecule has 0 N–H and O–H groups in total. The zero-order valence-corrected chi connectivity index (χ0v) is 17.3. The van der Waals surface area contributed by atoms with Gasteiger partial charge in [-0.15, -0.1) is 0 Å². The van der Waals surface area contributed by atoms with Crippen molar-refractivity contribution >= 4 is 20.1 Å². The smallest absolute Gasteiger partial charge is 0.270 e. The second-order valence-electron chi connectivity index (χ2n) is 7.18. The van der Waals surface area contributed by atoms with E-state index in [4.69, 9.17) is 4.18 Å². The molecule has 0 bridgehead atoms. The van der Waals surface area contributed by atoms with Gasteiger partial charge in [-0.25, -0.2) is 12.7 Å². The Kier molecular flexibility index (Phi) is 7.17. The van der Waals surface area contributed by atoms with E-state index < -0.39 is 31.9 Å². The molecular weight excluding hydrogens is 419 g/mol. The first kappa shape index (κ1) is 23.1. The lowest BCUT2D eigenvalue weighted by atomic mass is 9.82. The van der Waals surface area contributed by atoms with Gasteiger partial charge in [0.2, 0.25) is 10.0 Å². The molecular formula is C17H24F3NO5S2. The van der Waals surface area contributed by atoms with Crippen LogP contribution in [-0.4, -0.2) is 47.6 Å². The molecule has 1 saturated carbocycles. The van der Waals surface area contributed by atoms with Crippen molar-refractivity contribution in [2.24, 2.45) is 11.8 Å². The van der Waals surface area contributed by atoms with Crippen LogP contribution in [0.25, 0.3) is 0 Å². The van der Waals surface area contributed by atoms with Crippen molar-refractivity contribution in [2.75, 3.05) is 26.5 Å². The molecule has 0 unspecified atom stereocenters. The predicted molar refractivity (Wildman–Crippen MR) is 97.5 cm³/mol. The summed E-state index contributed by atoms with van der Waals surface area (Å²) in [4.78, 5) is -0.182. The first-order valence-corrected chi connectivity index (χ1v) is 12.0. The van der Waals surface area contributed by atoms with E-state index in [2.05, 4.69) is 0 Å². The second-order valence-corrected chi connectivity index (χ2v) is 10.9. The van der Waals surface area contributed by atoms with Crippen molar-refractivity contribution in [1.29, 1.82) is 0 Å². The van der Waals surface area contributed by atoms with Crippen molar-refractivity contribution in [3.05, 3.63) is 29.8 Å². The van der Waals surface area contributed by atoms with Crippen LogP contribution in [0.4, 0.5) is 13.2 Å². The van der Waals surface area contributed by atoms with Gasteiger partial charge in [0.25, 0.3) is 10.1 Å². The molecule has 1 aromatic rings. The standard InChI is InChI=1S/C17H24F3NO5S2/c1-21(11-13-3-5-14(6-4-13)12-26-27(2,22)23)28(24,25)16-9-7-15(8-10-16)17(18,19)20/h7-10,13-14H,3-6,11-12H2,1-2H3. The van der Waals surface area contributed by atoms with Crippen LogP contribution in [0.1, 0.15) is 31.2 Å². The minimum atomic E-state index is -4.52. The molecule has 28 heavy (non-hydrogen) atoms. The molecule has 0 aliphatic heterocycles. The highest BCUT2D eigenvalue weighted by Crippen LogP contribution is 2.32. The molecule has 11 heteroatoms. The molecule has 1 aromatic carbocycles. The Morgan fingerprint density at radius 1 is 1.00 bits per heavy atom. The largest absolute Gasteiger partial charge is 0.416 e. The second kappa shape index (κ2) is 8.68. The fraction of sp³-hybridized carbons (Fsp3) is 0.647. The number of alkyl halides is 3. The summed E-state index contributed by atoms with van der Waals surface area (Å²) in [5.74, 6) is 0.214. The Morgan fingerprint density at radius 3 is 1.96 bits per heavy atom. The van der Waals surface area contributed by atoms with Crippen LogP contribution in [0, 0.1) is 11.8 Å². The summed E-state index contributed by atoms with van der Waals surface area (Å²) in [7, 11) is -5.95. The number of nitrogens with zero attached hydrogens (tertiary/aromatic N) is 1. The summed E-state index contributed by atoms with van der Waals surface area (Å²) in [6, 6.07) is 3.45. The van der Waals surface area contributed by atoms with E-state index in [1.54, 1.807) is 0 Å². The summed E-state index contributed by atoms with van der Waals surface area (Å²) in [6.45, 7) is 0.383. The molecule has 1 fully saturated rings. The van der Waals surface area contributed by atoms with E-state index in [1.807, 2.05) is 0 Å². The van der Waals surface area contributed by atoms with Crippen molar-refractivity contribution in [3.63, 3.8) is 0 Å². The molecule has 0 atom stereocenters. The van der Waals surface area contributed by atoms with Crippen LogP contribution in [0.5, 0.6) is 0 Å². The Bertz CT molecular complexity index is 859. The third-order valence-corrected chi connectivity index (χ3v) is 7.29. The average Bonchev–Trinajstić information content (AvgIpc) is 2.59. The lowest BCUT2D eigenvalue weighted by molar-refractivity contribution is -0.137. The van der Waals surface area contributed by atoms with Gasteiger partial charge in [0.15, 0.2) is 0 Å². The molecule has 0 amide bonds. The molecule has 1 aliphatic rings. The predicted octanol–water partition coefficient (Wildman–Crippen LogP) is 3.11. The van der Waals surface area contributed by atoms with Crippen LogP contribution >= 0.6 is 0 Å². The monoisotopic (exact) mass is 443 g/mol. The van der Waals surface area contributed by atoms with E-state index in [0.717, 1.165) is 60.5 Å². The number of sulfonamides is 1. The SMILES string of the molecule is CN(CC1CCC(COS(C)(=O)=O)CC1)S(=O)(=O)c1ccc(C(F)(F)F)cc1. The minimum absolute atomic E-state index is 0.101. The third kappa shape index (κ3) is 6.43. The molecule has 1 aliphatic carbocycles. The van der Waals surface area contributed by atoms with Gasteiger partial charge >= 0.3 is 6.18 Å². The zero-order chi connectivity index (χ0) is 21.2. The first-order valence-electron chi connectivity index (χ1n) is 8.77. The molecule has 0 saturated heterocycles. The summed E-state index contributed by atoms with van der Waals surface area (Å²) >= 11 is 0. The zero-order valence-electron chi connectivity index (χ0n) is 15.6. The molecule has 6 nitrogen and oxygen atoms in total. The summed E-state index contributed by atoms with van der Waals surface area (Å²) in [5, 5.41) is 0. The van der Waals surface area contributed by atoms with Gasteiger partial charge in [0, 0.05) is 13.6 Å². The lowest BCUT2D eigenvalue weighted by Gasteiger charge is -2.30. The number of benzene rings is 1. The molecule has 2 rings (SSSR count). The van der Waals surface area contributed by atoms with E-state index >= 15 is 0 Å². The molecule has 0 heterocycles. The number of halogens is 3. The summed E-state index contributed by atoms with van der Waals surface area (Å²) in [5.41, 5.74) is -0.899. The van der Waals surface area contributed by atoms with Gasteiger partial charge in [-0.1, -0.05) is 0 Å². The van der Waals surface area contributed by atoms with Gasteiger partial charge in [-0.2, -0.15) is 21.6 Å². The highest BCUT2D eigenvalue weighted by molar-refractivity contribution is 7.89. The van der Waals surface area contributed by atoms with E-state index in [0.29, 0.717) is 0 Å². The average molecular weight is 444 g/mol. The Morgan fingerprint density at radius 2 is 1.50 bits per heavy atom. The van der Waals surface area contributed by atoms with Gasteiger partial charge in [-0.05, 0) is 61.8 Å². The normalized spacial score (nSPS) is 21.8. The van der Waals surface area contributed by atoms with Crippen molar-refractivity contribution in [2.45, 2.75) is 36.8 Å². The number of rotatable bonds is 7. The van der Waals surface area contributed by atoms with Gasteiger partial charge < -0.3 is 0 Å². The fourth-order valence-corrected chi connectivity index (χ4v) is 4.94. The van der Waals surface area contributed by atoms with Crippen LogP contribution in [0.3, 0.4) is 0 Å². The topological polar surface area (TPSA) is 80.8 Å². The van der Waals surface area contributed by atoms with Crippen molar-refractivity contribution in [3.8, 4) is 0 Å². The van der Waals surface area contributed by atoms with E-state index in [9.17, 15) is 30.0 Å². The first-order chi connectivity index (χ1) is 12.8. The van der Waals surface area contributed by atoms with Crippen LogP contribution in [0.15, 0.2) is 29.2 Å². The van der Waals surface area contributed by atoms with Gasteiger partial charge in [0.1, 0.15) is 0 Å². The number of hydrogen-bond donors (Lipinski definition) is 0. The fourth-order valence-electron chi connectivity index (χ4n) is 3.26. The van der Waals surface area contributed by atoms with E-state index in [1.165, 1.54) is 7.05 Å². The Labute approximate surface area is 163 Å². The maximum atomic E-state index is 12.6. The van der Waals surface area contributed by atoms with Crippen molar-refractivity contribution in [1.82, 2.24) is 4.31 Å². The maximum Gasteiger partial charge on any atom is 0.416 e. The molecule has 160 valence electrons. The lowest BCUT2D eigenvalue weighted by Crippen LogP contribution is -2.34. The summed E-state index contributed by atoms with van der Waals surface area (Å²) in [6.07, 6.45) is -0.606. The van der Waals surface area contributed by atoms with Crippen LogP contribution in [0.2, 0.25) is 0 Å². The van der Waals surface area contributed by atoms with Gasteiger partial charge in [-0.3, -0.25) is 4.18 Å². The van der Waals surface area contributed by atoms with Gasteiger partial charge in [0.05, 0.1) is 23.3 Å². The maximum absolute atomic E-state index is 12.6. The van der Waals surface area contributed by atoms with Crippen LogP contribution in [-0.2, 0) is 30.5 Å². The highest BCUT2D eigenvalue weighted by atomic mass is 32.2. The molecule has 0 spiro atoms. The van der Waals surface area contributed by atoms with Crippen LogP contribution < -0.4 is 0 Å². The highest BCUT2D eigenvalue weighted by Gasteiger charge is 2.32. The van der Waals surface area contributed by atoms with E-state index in [-0.39, 0.29) is 29.9 Å². The third-order valence-electron chi connectivity index (χ3n) is 4.89. The summed E-state index contributed by atoms with van der Waals surface area (Å²) < 4.78 is 91.2. The minimum Gasteiger partial charge on any atom is -0.270 e. The number of hydrogen-bond acceptors (Lipinski definition) is 5. The molecule has 0 radical (unpaired) electrons.